The molecule has 0 spiro atoms. The van der Waals surface area contributed by atoms with Gasteiger partial charge in [-0.2, -0.15) is 5.10 Å². The zero-order chi connectivity index (χ0) is 21.8. The Bertz CT molecular complexity index is 1150. The summed E-state index contributed by atoms with van der Waals surface area (Å²) in [5.74, 6) is 0.710. The largest absolute Gasteiger partial charge is 0.468 e. The lowest BCUT2D eigenvalue weighted by Crippen LogP contribution is -2.36. The SMILES string of the molecule is O=C(NC[C@H](c1ccco1)N1CCCC1)c1cn(-c2ccccc2)nc1-c1cccnc1. The molecule has 1 saturated heterocycles. The number of hydrogen-bond donors (Lipinski definition) is 1. The molecular weight excluding hydrogens is 402 g/mol. The van der Waals surface area contributed by atoms with Gasteiger partial charge in [-0.3, -0.25) is 14.7 Å². The minimum atomic E-state index is -0.165. The van der Waals surface area contributed by atoms with E-state index < -0.39 is 0 Å². The lowest BCUT2D eigenvalue weighted by Gasteiger charge is -2.26. The van der Waals surface area contributed by atoms with E-state index in [9.17, 15) is 4.79 Å². The van der Waals surface area contributed by atoms with Crippen LogP contribution in [0.3, 0.4) is 0 Å². The van der Waals surface area contributed by atoms with E-state index in [0.29, 0.717) is 17.8 Å². The first-order chi connectivity index (χ1) is 15.8. The number of carbonyl (C=O) groups is 1. The third-order valence-electron chi connectivity index (χ3n) is 5.82. The van der Waals surface area contributed by atoms with E-state index in [2.05, 4.69) is 15.2 Å². The molecule has 4 aromatic rings. The molecule has 1 aromatic carbocycles. The number of pyridine rings is 1. The number of likely N-dealkylation sites (tertiary alicyclic amines) is 1. The van der Waals surface area contributed by atoms with Crippen molar-refractivity contribution in [3.63, 3.8) is 0 Å². The topological polar surface area (TPSA) is 76.2 Å². The zero-order valence-corrected chi connectivity index (χ0v) is 17.7. The monoisotopic (exact) mass is 427 g/mol. The average Bonchev–Trinajstić information content (AvgIpc) is 3.63. The van der Waals surface area contributed by atoms with Gasteiger partial charge in [0, 0.05) is 30.7 Å². The number of nitrogens with one attached hydrogen (secondary N) is 1. The molecule has 7 nitrogen and oxygen atoms in total. The van der Waals surface area contributed by atoms with Gasteiger partial charge < -0.3 is 9.73 Å². The molecule has 1 aliphatic heterocycles. The van der Waals surface area contributed by atoms with Crippen LogP contribution in [0.5, 0.6) is 0 Å². The van der Waals surface area contributed by atoms with Gasteiger partial charge in [-0.1, -0.05) is 18.2 Å². The molecule has 1 fully saturated rings. The summed E-state index contributed by atoms with van der Waals surface area (Å²) in [4.78, 5) is 19.9. The average molecular weight is 428 g/mol. The van der Waals surface area contributed by atoms with Gasteiger partial charge in [-0.15, -0.1) is 0 Å². The van der Waals surface area contributed by atoms with Gasteiger partial charge in [-0.25, -0.2) is 4.68 Å². The lowest BCUT2D eigenvalue weighted by atomic mass is 10.1. The Morgan fingerprint density at radius 2 is 1.91 bits per heavy atom. The number of hydrogen-bond acceptors (Lipinski definition) is 5. The maximum absolute atomic E-state index is 13.3. The molecule has 162 valence electrons. The van der Waals surface area contributed by atoms with Crippen molar-refractivity contribution in [3.05, 3.63) is 90.8 Å². The van der Waals surface area contributed by atoms with Gasteiger partial charge in [0.25, 0.3) is 5.91 Å². The van der Waals surface area contributed by atoms with Crippen LogP contribution in [-0.4, -0.2) is 45.2 Å². The maximum atomic E-state index is 13.3. The van der Waals surface area contributed by atoms with Gasteiger partial charge >= 0.3 is 0 Å². The van der Waals surface area contributed by atoms with E-state index in [-0.39, 0.29) is 11.9 Å². The van der Waals surface area contributed by atoms with Crippen molar-refractivity contribution in [1.29, 1.82) is 0 Å². The Kier molecular flexibility index (Phi) is 5.81. The third-order valence-corrected chi connectivity index (χ3v) is 5.82. The molecule has 4 heterocycles. The van der Waals surface area contributed by atoms with Crippen LogP contribution in [0.2, 0.25) is 0 Å². The number of benzene rings is 1. The highest BCUT2D eigenvalue weighted by molar-refractivity contribution is 5.99. The summed E-state index contributed by atoms with van der Waals surface area (Å²) in [5.41, 5.74) is 2.81. The van der Waals surface area contributed by atoms with Crippen LogP contribution in [-0.2, 0) is 0 Å². The maximum Gasteiger partial charge on any atom is 0.255 e. The number of aromatic nitrogens is 3. The second-order valence-corrected chi connectivity index (χ2v) is 7.90. The van der Waals surface area contributed by atoms with Gasteiger partial charge in [0.1, 0.15) is 11.5 Å². The fourth-order valence-electron chi connectivity index (χ4n) is 4.20. The molecule has 1 amide bonds. The van der Waals surface area contributed by atoms with E-state index in [1.54, 1.807) is 29.5 Å². The quantitative estimate of drug-likeness (QED) is 0.481. The molecule has 1 aliphatic rings. The zero-order valence-electron chi connectivity index (χ0n) is 17.7. The first kappa shape index (κ1) is 20.2. The Labute approximate surface area is 186 Å². The summed E-state index contributed by atoms with van der Waals surface area (Å²) in [7, 11) is 0. The van der Waals surface area contributed by atoms with Crippen molar-refractivity contribution >= 4 is 5.91 Å². The Morgan fingerprint density at radius 1 is 1.06 bits per heavy atom. The minimum Gasteiger partial charge on any atom is -0.468 e. The summed E-state index contributed by atoms with van der Waals surface area (Å²) >= 11 is 0. The molecule has 32 heavy (non-hydrogen) atoms. The van der Waals surface area contributed by atoms with Crippen molar-refractivity contribution in [2.75, 3.05) is 19.6 Å². The lowest BCUT2D eigenvalue weighted by molar-refractivity contribution is 0.0934. The van der Waals surface area contributed by atoms with Crippen molar-refractivity contribution in [2.24, 2.45) is 0 Å². The first-order valence-electron chi connectivity index (χ1n) is 10.9. The molecule has 5 rings (SSSR count). The fraction of sp³-hybridized carbons (Fsp3) is 0.240. The standard InChI is InChI=1S/C25H25N5O2/c31-25(27-17-22(23-11-7-15-32-23)29-13-4-5-14-29)21-18-30(20-9-2-1-3-10-20)28-24(21)19-8-6-12-26-16-19/h1-3,6-12,15-16,18,22H,4-5,13-14,17H2,(H,27,31)/t22-/m1/s1. The summed E-state index contributed by atoms with van der Waals surface area (Å²) in [6, 6.07) is 17.4. The predicted molar refractivity (Wildman–Crippen MR) is 121 cm³/mol. The normalized spacial score (nSPS) is 15.0. The molecular formula is C25H25N5O2. The van der Waals surface area contributed by atoms with Crippen LogP contribution in [0, 0.1) is 0 Å². The number of para-hydroxylation sites is 1. The Morgan fingerprint density at radius 3 is 2.62 bits per heavy atom. The fourth-order valence-corrected chi connectivity index (χ4v) is 4.20. The first-order valence-corrected chi connectivity index (χ1v) is 10.9. The summed E-state index contributed by atoms with van der Waals surface area (Å²) in [6.07, 6.45) is 9.24. The van der Waals surface area contributed by atoms with Crippen LogP contribution in [0.25, 0.3) is 16.9 Å². The number of rotatable bonds is 7. The van der Waals surface area contributed by atoms with Crippen LogP contribution in [0.15, 0.2) is 83.9 Å². The van der Waals surface area contributed by atoms with Crippen molar-refractivity contribution < 1.29 is 9.21 Å². The molecule has 0 saturated carbocycles. The highest BCUT2D eigenvalue weighted by Gasteiger charge is 2.27. The van der Waals surface area contributed by atoms with Crippen LogP contribution >= 0.6 is 0 Å². The Hall–Kier alpha value is -3.71. The Balaban J connectivity index is 1.42. The van der Waals surface area contributed by atoms with Crippen molar-refractivity contribution in [3.8, 4) is 16.9 Å². The van der Waals surface area contributed by atoms with Crippen LogP contribution < -0.4 is 5.32 Å². The third kappa shape index (κ3) is 4.20. The van der Waals surface area contributed by atoms with Gasteiger partial charge in [-0.05, 0) is 62.3 Å². The molecule has 0 aliphatic carbocycles. The molecule has 0 radical (unpaired) electrons. The summed E-state index contributed by atoms with van der Waals surface area (Å²) in [5, 5.41) is 7.84. The number of amides is 1. The molecule has 3 aromatic heterocycles. The molecule has 1 N–H and O–H groups in total. The van der Waals surface area contributed by atoms with E-state index in [4.69, 9.17) is 9.52 Å². The van der Waals surface area contributed by atoms with E-state index >= 15 is 0 Å². The second-order valence-electron chi connectivity index (χ2n) is 7.90. The minimum absolute atomic E-state index is 0.0162. The molecule has 0 unspecified atom stereocenters. The van der Waals surface area contributed by atoms with E-state index in [0.717, 1.165) is 30.1 Å². The van der Waals surface area contributed by atoms with Crippen LogP contribution in [0.1, 0.15) is 35.0 Å². The highest BCUT2D eigenvalue weighted by atomic mass is 16.3. The number of nitrogens with zero attached hydrogens (tertiary/aromatic N) is 4. The van der Waals surface area contributed by atoms with Gasteiger partial charge in [0.15, 0.2) is 0 Å². The summed E-state index contributed by atoms with van der Waals surface area (Å²) < 4.78 is 7.42. The number of furan rings is 1. The van der Waals surface area contributed by atoms with Crippen molar-refractivity contribution in [1.82, 2.24) is 25.0 Å². The molecule has 0 bridgehead atoms. The van der Waals surface area contributed by atoms with Gasteiger partial charge in [0.05, 0.1) is 23.6 Å². The van der Waals surface area contributed by atoms with Gasteiger partial charge in [0.2, 0.25) is 0 Å². The molecule has 7 heteroatoms. The van der Waals surface area contributed by atoms with E-state index in [1.165, 1.54) is 12.8 Å². The van der Waals surface area contributed by atoms with Crippen LogP contribution in [0.4, 0.5) is 0 Å². The smallest absolute Gasteiger partial charge is 0.255 e. The van der Waals surface area contributed by atoms with Crippen molar-refractivity contribution in [2.45, 2.75) is 18.9 Å². The second kappa shape index (κ2) is 9.20. The van der Waals surface area contributed by atoms with E-state index in [1.807, 2.05) is 54.6 Å². The summed E-state index contributed by atoms with van der Waals surface area (Å²) in [6.45, 7) is 2.48. The highest BCUT2D eigenvalue weighted by Crippen LogP contribution is 2.26. The molecule has 1 atom stereocenters. The number of carbonyl (C=O) groups excluding carboxylic acids is 1. The predicted octanol–water partition coefficient (Wildman–Crippen LogP) is 4.09.